The van der Waals surface area contributed by atoms with Gasteiger partial charge in [0.15, 0.2) is 0 Å². The number of alkyl halides is 2. The number of nitrogens with zero attached hydrogens (tertiary/aromatic N) is 5. The number of rotatable bonds is 5. The van der Waals surface area contributed by atoms with Crippen molar-refractivity contribution in [2.45, 2.75) is 45.6 Å². The van der Waals surface area contributed by atoms with Crippen molar-refractivity contribution in [1.29, 1.82) is 0 Å². The van der Waals surface area contributed by atoms with Crippen LogP contribution in [0.2, 0.25) is 0 Å². The third-order valence-electron chi connectivity index (χ3n) is 4.98. The molecule has 0 spiro atoms. The minimum absolute atomic E-state index is 0.143. The molecule has 2 aromatic rings. The second-order valence-electron chi connectivity index (χ2n) is 7.09. The van der Waals surface area contributed by atoms with Crippen LogP contribution in [0.3, 0.4) is 0 Å². The maximum Gasteiger partial charge on any atom is 0.280 e. The zero-order valence-corrected chi connectivity index (χ0v) is 15.9. The van der Waals surface area contributed by atoms with E-state index in [2.05, 4.69) is 31.7 Å². The third-order valence-corrected chi connectivity index (χ3v) is 6.04. The van der Waals surface area contributed by atoms with Crippen LogP contribution in [0.1, 0.15) is 52.3 Å². The normalized spacial score (nSPS) is 18.7. The first-order valence-electron chi connectivity index (χ1n) is 9.07. The average molecular weight is 379 g/mol. The molecule has 0 bridgehead atoms. The predicted molar refractivity (Wildman–Crippen MR) is 98.0 cm³/mol. The standard InChI is InChI=1S/C18H23F2N5S/c1-11-15(26-12(2)21-11)10-24-5-7-25(8-6-24)16-9-14(17(19)20)22-18(23-16)13-3-4-13/h9,13,17H,3-8,10H2,1-2H3. The molecule has 0 aromatic carbocycles. The molecule has 1 aliphatic heterocycles. The Balaban J connectivity index is 1.43. The number of thiazole rings is 1. The van der Waals surface area contributed by atoms with Gasteiger partial charge in [-0.05, 0) is 26.7 Å². The molecule has 140 valence electrons. The number of piperazine rings is 1. The second kappa shape index (κ2) is 7.15. The van der Waals surface area contributed by atoms with E-state index in [1.165, 1.54) is 10.9 Å². The van der Waals surface area contributed by atoms with Gasteiger partial charge in [0, 0.05) is 49.6 Å². The fourth-order valence-electron chi connectivity index (χ4n) is 3.33. The average Bonchev–Trinajstić information content (AvgIpc) is 3.42. The molecule has 1 aliphatic carbocycles. The van der Waals surface area contributed by atoms with E-state index in [0.717, 1.165) is 56.3 Å². The Bertz CT molecular complexity index is 762. The quantitative estimate of drug-likeness (QED) is 0.793. The Labute approximate surface area is 156 Å². The summed E-state index contributed by atoms with van der Waals surface area (Å²) in [4.78, 5) is 19.0. The smallest absolute Gasteiger partial charge is 0.280 e. The van der Waals surface area contributed by atoms with Crippen LogP contribution in [-0.4, -0.2) is 46.0 Å². The van der Waals surface area contributed by atoms with Gasteiger partial charge >= 0.3 is 0 Å². The first-order valence-corrected chi connectivity index (χ1v) is 9.88. The summed E-state index contributed by atoms with van der Waals surface area (Å²) >= 11 is 1.75. The first kappa shape index (κ1) is 17.7. The molecule has 8 heteroatoms. The fourth-order valence-corrected chi connectivity index (χ4v) is 4.31. The Morgan fingerprint density at radius 1 is 1.12 bits per heavy atom. The zero-order chi connectivity index (χ0) is 18.3. The number of anilines is 1. The number of halogens is 2. The van der Waals surface area contributed by atoms with Gasteiger partial charge in [0.1, 0.15) is 17.3 Å². The lowest BCUT2D eigenvalue weighted by Gasteiger charge is -2.35. The summed E-state index contributed by atoms with van der Waals surface area (Å²) in [6.07, 6.45) is -0.533. The van der Waals surface area contributed by atoms with Gasteiger partial charge in [0.2, 0.25) is 0 Å². The Morgan fingerprint density at radius 3 is 2.42 bits per heavy atom. The van der Waals surface area contributed by atoms with E-state index in [-0.39, 0.29) is 11.6 Å². The van der Waals surface area contributed by atoms with Crippen LogP contribution in [0.15, 0.2) is 6.07 Å². The summed E-state index contributed by atoms with van der Waals surface area (Å²) in [7, 11) is 0. The number of aromatic nitrogens is 3. The second-order valence-corrected chi connectivity index (χ2v) is 8.38. The lowest BCUT2D eigenvalue weighted by atomic mass is 10.2. The monoisotopic (exact) mass is 379 g/mol. The van der Waals surface area contributed by atoms with Crippen molar-refractivity contribution in [3.05, 3.63) is 33.2 Å². The first-order chi connectivity index (χ1) is 12.5. The van der Waals surface area contributed by atoms with E-state index in [1.54, 1.807) is 11.3 Å². The summed E-state index contributed by atoms with van der Waals surface area (Å²) in [5.74, 6) is 1.52. The van der Waals surface area contributed by atoms with Crippen LogP contribution in [0.5, 0.6) is 0 Å². The number of aryl methyl sites for hydroxylation is 2. The van der Waals surface area contributed by atoms with Crippen molar-refractivity contribution >= 4 is 17.2 Å². The molecule has 0 atom stereocenters. The van der Waals surface area contributed by atoms with Crippen LogP contribution >= 0.6 is 11.3 Å². The highest BCUT2D eigenvalue weighted by Crippen LogP contribution is 2.39. The van der Waals surface area contributed by atoms with Crippen molar-refractivity contribution in [2.24, 2.45) is 0 Å². The van der Waals surface area contributed by atoms with Crippen LogP contribution in [0, 0.1) is 13.8 Å². The molecule has 0 N–H and O–H groups in total. The van der Waals surface area contributed by atoms with Crippen molar-refractivity contribution in [3.8, 4) is 0 Å². The SMILES string of the molecule is Cc1nc(C)c(CN2CCN(c3cc(C(F)F)nc(C4CC4)n3)CC2)s1. The van der Waals surface area contributed by atoms with Gasteiger partial charge in [-0.25, -0.2) is 23.7 Å². The Hall–Kier alpha value is -1.67. The summed E-state index contributed by atoms with van der Waals surface area (Å²) < 4.78 is 26.4. The Morgan fingerprint density at radius 2 is 1.85 bits per heavy atom. The van der Waals surface area contributed by atoms with Crippen LogP contribution < -0.4 is 4.90 Å². The van der Waals surface area contributed by atoms with Gasteiger partial charge in [-0.15, -0.1) is 11.3 Å². The largest absolute Gasteiger partial charge is 0.354 e. The lowest BCUT2D eigenvalue weighted by molar-refractivity contribution is 0.145. The highest BCUT2D eigenvalue weighted by Gasteiger charge is 2.29. The molecule has 0 radical (unpaired) electrons. The van der Waals surface area contributed by atoms with Crippen molar-refractivity contribution in [1.82, 2.24) is 19.9 Å². The van der Waals surface area contributed by atoms with Crippen LogP contribution in [0.4, 0.5) is 14.6 Å². The van der Waals surface area contributed by atoms with Gasteiger partial charge in [0.25, 0.3) is 6.43 Å². The van der Waals surface area contributed by atoms with Crippen molar-refractivity contribution in [3.63, 3.8) is 0 Å². The summed E-state index contributed by atoms with van der Waals surface area (Å²) in [6, 6.07) is 1.46. The summed E-state index contributed by atoms with van der Waals surface area (Å²) in [6.45, 7) is 8.37. The minimum Gasteiger partial charge on any atom is -0.354 e. The van der Waals surface area contributed by atoms with Gasteiger partial charge < -0.3 is 4.90 Å². The predicted octanol–water partition coefficient (Wildman–Crippen LogP) is 3.69. The summed E-state index contributed by atoms with van der Waals surface area (Å²) in [5, 5.41) is 1.10. The maximum atomic E-state index is 13.2. The van der Waals surface area contributed by atoms with Crippen molar-refractivity contribution < 1.29 is 8.78 Å². The van der Waals surface area contributed by atoms with Gasteiger partial charge in [-0.3, -0.25) is 4.90 Å². The molecule has 0 amide bonds. The highest BCUT2D eigenvalue weighted by atomic mass is 32.1. The van der Waals surface area contributed by atoms with Crippen LogP contribution in [-0.2, 0) is 6.54 Å². The van der Waals surface area contributed by atoms with E-state index < -0.39 is 6.43 Å². The van der Waals surface area contributed by atoms with Gasteiger partial charge in [-0.2, -0.15) is 0 Å². The fraction of sp³-hybridized carbons (Fsp3) is 0.611. The van der Waals surface area contributed by atoms with Crippen LogP contribution in [0.25, 0.3) is 0 Å². The zero-order valence-electron chi connectivity index (χ0n) is 15.1. The molecule has 2 fully saturated rings. The number of hydrogen-bond acceptors (Lipinski definition) is 6. The molecule has 1 saturated heterocycles. The molecule has 2 aromatic heterocycles. The topological polar surface area (TPSA) is 45.2 Å². The maximum absolute atomic E-state index is 13.2. The molecule has 4 rings (SSSR count). The molecule has 2 aliphatic rings. The third kappa shape index (κ3) is 3.86. The van der Waals surface area contributed by atoms with E-state index in [9.17, 15) is 8.78 Å². The minimum atomic E-state index is -2.55. The lowest BCUT2D eigenvalue weighted by Crippen LogP contribution is -2.46. The molecular weight excluding hydrogens is 356 g/mol. The van der Waals surface area contributed by atoms with Gasteiger partial charge in [0.05, 0.1) is 10.7 Å². The molecule has 0 unspecified atom stereocenters. The molecule has 5 nitrogen and oxygen atoms in total. The van der Waals surface area contributed by atoms with E-state index in [0.29, 0.717) is 11.6 Å². The van der Waals surface area contributed by atoms with E-state index in [4.69, 9.17) is 0 Å². The van der Waals surface area contributed by atoms with E-state index in [1.807, 2.05) is 6.92 Å². The summed E-state index contributed by atoms with van der Waals surface area (Å²) in [5.41, 5.74) is 0.969. The van der Waals surface area contributed by atoms with Gasteiger partial charge in [-0.1, -0.05) is 0 Å². The van der Waals surface area contributed by atoms with E-state index >= 15 is 0 Å². The molecular formula is C18H23F2N5S. The highest BCUT2D eigenvalue weighted by molar-refractivity contribution is 7.11. The molecule has 1 saturated carbocycles. The Kier molecular flexibility index (Phi) is 4.88. The van der Waals surface area contributed by atoms with Crippen molar-refractivity contribution in [2.75, 3.05) is 31.1 Å². The number of hydrogen-bond donors (Lipinski definition) is 0. The molecule has 3 heterocycles. The molecule has 26 heavy (non-hydrogen) atoms.